The molecule has 0 aliphatic heterocycles. The quantitative estimate of drug-likeness (QED) is 0.370. The van der Waals surface area contributed by atoms with Crippen LogP contribution in [0.15, 0.2) is 53.4 Å². The topological polar surface area (TPSA) is 72.2 Å². The number of nitrogens with zero attached hydrogens (tertiary/aromatic N) is 1. The van der Waals surface area contributed by atoms with Gasteiger partial charge in [0.05, 0.1) is 4.92 Å². The normalized spacial score (nSPS) is 10.7. The van der Waals surface area contributed by atoms with Gasteiger partial charge in [-0.1, -0.05) is 17.7 Å². The Hall–Kier alpha value is -2.31. The summed E-state index contributed by atoms with van der Waals surface area (Å²) in [6.45, 7) is 0. The van der Waals surface area contributed by atoms with E-state index in [-0.39, 0.29) is 16.6 Å². The molecular weight excluding hydrogens is 336 g/mol. The third-order valence-electron chi connectivity index (χ3n) is 2.95. The van der Waals surface area contributed by atoms with Crippen LogP contribution in [0.1, 0.15) is 5.56 Å². The summed E-state index contributed by atoms with van der Waals surface area (Å²) in [5, 5.41) is 13.6. The lowest BCUT2D eigenvalue weighted by atomic mass is 10.2. The number of nitro benzene ring substituents is 1. The molecule has 118 valence electrons. The molecule has 5 nitrogen and oxygen atoms in total. The Morgan fingerprint density at radius 1 is 1.26 bits per heavy atom. The molecule has 0 bridgehead atoms. The van der Waals surface area contributed by atoms with Crippen molar-refractivity contribution < 1.29 is 9.72 Å². The van der Waals surface area contributed by atoms with Gasteiger partial charge in [-0.2, -0.15) is 0 Å². The van der Waals surface area contributed by atoms with Gasteiger partial charge in [0.2, 0.25) is 5.91 Å². The molecule has 0 heterocycles. The minimum Gasteiger partial charge on any atom is -0.323 e. The van der Waals surface area contributed by atoms with Crippen LogP contribution in [-0.4, -0.2) is 17.1 Å². The maximum absolute atomic E-state index is 11.9. The van der Waals surface area contributed by atoms with E-state index in [9.17, 15) is 14.9 Å². The number of anilines is 1. The Morgan fingerprint density at radius 2 is 1.96 bits per heavy atom. The molecule has 0 saturated heterocycles. The van der Waals surface area contributed by atoms with Gasteiger partial charge in [-0.25, -0.2) is 0 Å². The minimum atomic E-state index is -0.562. The summed E-state index contributed by atoms with van der Waals surface area (Å²) in [5.74, 6) is -0.320. The number of amides is 1. The molecule has 2 aromatic rings. The maximum atomic E-state index is 11.9. The lowest BCUT2D eigenvalue weighted by Gasteiger charge is -2.03. The van der Waals surface area contributed by atoms with Crippen LogP contribution in [0.5, 0.6) is 0 Å². The van der Waals surface area contributed by atoms with E-state index >= 15 is 0 Å². The zero-order chi connectivity index (χ0) is 16.8. The van der Waals surface area contributed by atoms with E-state index in [1.165, 1.54) is 24.3 Å². The van der Waals surface area contributed by atoms with Gasteiger partial charge in [-0.3, -0.25) is 14.9 Å². The third kappa shape index (κ3) is 4.84. The Labute approximate surface area is 142 Å². The Balaban J connectivity index is 2.05. The number of nitrogens with one attached hydrogen (secondary N) is 1. The average Bonchev–Trinajstić information content (AvgIpc) is 2.54. The number of hydrogen-bond acceptors (Lipinski definition) is 4. The van der Waals surface area contributed by atoms with Crippen molar-refractivity contribution in [2.75, 3.05) is 11.6 Å². The minimum absolute atomic E-state index is 0.0606. The average molecular weight is 349 g/mol. The molecular formula is C16H13ClN2O3S. The van der Waals surface area contributed by atoms with Gasteiger partial charge in [0.1, 0.15) is 5.02 Å². The van der Waals surface area contributed by atoms with E-state index in [2.05, 4.69) is 5.32 Å². The number of carbonyl (C=O) groups is 1. The van der Waals surface area contributed by atoms with E-state index in [1.807, 2.05) is 30.5 Å². The first kappa shape index (κ1) is 17.1. The monoisotopic (exact) mass is 348 g/mol. The summed E-state index contributed by atoms with van der Waals surface area (Å²) >= 11 is 7.36. The van der Waals surface area contributed by atoms with Gasteiger partial charge in [-0.05, 0) is 48.2 Å². The van der Waals surface area contributed by atoms with Crippen molar-refractivity contribution >= 4 is 46.7 Å². The fourth-order valence-corrected chi connectivity index (χ4v) is 2.40. The summed E-state index contributed by atoms with van der Waals surface area (Å²) in [4.78, 5) is 23.2. The van der Waals surface area contributed by atoms with Crippen molar-refractivity contribution in [1.82, 2.24) is 0 Å². The molecule has 7 heteroatoms. The highest BCUT2D eigenvalue weighted by Crippen LogP contribution is 2.25. The van der Waals surface area contributed by atoms with E-state index in [0.29, 0.717) is 11.3 Å². The molecule has 0 fully saturated rings. The summed E-state index contributed by atoms with van der Waals surface area (Å²) < 4.78 is 0. The highest BCUT2D eigenvalue weighted by atomic mass is 35.5. The number of benzene rings is 2. The van der Waals surface area contributed by atoms with Crippen LogP contribution < -0.4 is 5.32 Å². The van der Waals surface area contributed by atoms with Crippen LogP contribution >= 0.6 is 23.4 Å². The second kappa shape index (κ2) is 7.80. The van der Waals surface area contributed by atoms with Gasteiger partial charge in [-0.15, -0.1) is 11.8 Å². The lowest BCUT2D eigenvalue weighted by molar-refractivity contribution is -0.384. The summed E-state index contributed by atoms with van der Waals surface area (Å²) in [6, 6.07) is 11.8. The lowest BCUT2D eigenvalue weighted by Crippen LogP contribution is -2.07. The number of thioether (sulfide) groups is 1. The fourth-order valence-electron chi connectivity index (χ4n) is 1.80. The first-order valence-corrected chi connectivity index (χ1v) is 8.17. The number of halogens is 1. The molecule has 0 radical (unpaired) electrons. The Morgan fingerprint density at radius 3 is 2.57 bits per heavy atom. The highest BCUT2D eigenvalue weighted by Gasteiger charge is 2.11. The van der Waals surface area contributed by atoms with Crippen LogP contribution in [0.25, 0.3) is 6.08 Å². The van der Waals surface area contributed by atoms with Crippen molar-refractivity contribution in [3.63, 3.8) is 0 Å². The number of nitro groups is 1. The van der Waals surface area contributed by atoms with Gasteiger partial charge in [0, 0.05) is 22.7 Å². The maximum Gasteiger partial charge on any atom is 0.288 e. The Bertz CT molecular complexity index is 760. The molecule has 0 aliphatic carbocycles. The Kier molecular flexibility index (Phi) is 5.78. The summed E-state index contributed by atoms with van der Waals surface area (Å²) in [5.41, 5.74) is 1.01. The predicted octanol–water partition coefficient (Wildman–Crippen LogP) is 4.62. The van der Waals surface area contributed by atoms with Crippen LogP contribution in [-0.2, 0) is 4.79 Å². The summed E-state index contributed by atoms with van der Waals surface area (Å²) in [6.07, 6.45) is 4.78. The molecule has 1 amide bonds. The summed E-state index contributed by atoms with van der Waals surface area (Å²) in [7, 11) is 0. The number of rotatable bonds is 5. The highest BCUT2D eigenvalue weighted by molar-refractivity contribution is 7.98. The standard InChI is InChI=1S/C16H13ClN2O3S/c1-23-13-6-4-12(5-7-13)18-16(20)9-3-11-2-8-14(17)15(10-11)19(21)22/h2-10H,1H3,(H,18,20)/b9-3+. The van der Waals surface area contributed by atoms with Crippen LogP contribution in [0.3, 0.4) is 0 Å². The molecule has 0 aromatic heterocycles. The number of hydrogen-bond donors (Lipinski definition) is 1. The van der Waals surface area contributed by atoms with Crippen LogP contribution in [0.4, 0.5) is 11.4 Å². The van der Waals surface area contributed by atoms with Crippen molar-refractivity contribution in [2.24, 2.45) is 0 Å². The van der Waals surface area contributed by atoms with Crippen molar-refractivity contribution in [3.05, 3.63) is 69.2 Å². The van der Waals surface area contributed by atoms with Crippen LogP contribution in [0.2, 0.25) is 5.02 Å². The SMILES string of the molecule is CSc1ccc(NC(=O)/C=C/c2ccc(Cl)c([N+](=O)[O-])c2)cc1. The van der Waals surface area contributed by atoms with E-state index < -0.39 is 4.92 Å². The van der Waals surface area contributed by atoms with Gasteiger partial charge in [0.25, 0.3) is 5.69 Å². The van der Waals surface area contributed by atoms with E-state index in [0.717, 1.165) is 4.90 Å². The second-order valence-electron chi connectivity index (χ2n) is 4.52. The molecule has 0 spiro atoms. The van der Waals surface area contributed by atoms with Gasteiger partial charge >= 0.3 is 0 Å². The third-order valence-corrected chi connectivity index (χ3v) is 4.01. The molecule has 0 saturated carbocycles. The molecule has 23 heavy (non-hydrogen) atoms. The van der Waals surface area contributed by atoms with Crippen molar-refractivity contribution in [2.45, 2.75) is 4.90 Å². The second-order valence-corrected chi connectivity index (χ2v) is 5.81. The molecule has 2 aromatic carbocycles. The van der Waals surface area contributed by atoms with Crippen molar-refractivity contribution in [1.29, 1.82) is 0 Å². The molecule has 0 aliphatic rings. The fraction of sp³-hybridized carbons (Fsp3) is 0.0625. The van der Waals surface area contributed by atoms with Crippen LogP contribution in [0, 0.1) is 10.1 Å². The van der Waals surface area contributed by atoms with E-state index in [4.69, 9.17) is 11.6 Å². The number of carbonyl (C=O) groups excluding carboxylic acids is 1. The first-order chi connectivity index (χ1) is 11.0. The zero-order valence-corrected chi connectivity index (χ0v) is 13.7. The van der Waals surface area contributed by atoms with Gasteiger partial charge in [0.15, 0.2) is 0 Å². The predicted molar refractivity (Wildman–Crippen MR) is 94.0 cm³/mol. The largest absolute Gasteiger partial charge is 0.323 e. The zero-order valence-electron chi connectivity index (χ0n) is 12.2. The van der Waals surface area contributed by atoms with Crippen molar-refractivity contribution in [3.8, 4) is 0 Å². The van der Waals surface area contributed by atoms with Gasteiger partial charge < -0.3 is 5.32 Å². The first-order valence-electron chi connectivity index (χ1n) is 6.56. The van der Waals surface area contributed by atoms with E-state index in [1.54, 1.807) is 17.8 Å². The molecule has 0 atom stereocenters. The molecule has 1 N–H and O–H groups in total. The molecule has 2 rings (SSSR count). The smallest absolute Gasteiger partial charge is 0.288 e. The molecule has 0 unspecified atom stereocenters.